The molecule has 2 heterocycles. The molecule has 4 rings (SSSR count). The Hall–Kier alpha value is -2.61. The van der Waals surface area contributed by atoms with Gasteiger partial charge in [0.25, 0.3) is 0 Å². The second kappa shape index (κ2) is 10.4. The number of hydrogen-bond donors (Lipinski definition) is 1. The second-order valence-corrected chi connectivity index (χ2v) is 7.99. The fourth-order valence-electron chi connectivity index (χ4n) is 3.20. The zero-order valence-electron chi connectivity index (χ0n) is 16.4. The van der Waals surface area contributed by atoms with Crippen LogP contribution in [-0.4, -0.2) is 35.2 Å². The van der Waals surface area contributed by atoms with Gasteiger partial charge in [0.2, 0.25) is 0 Å². The van der Waals surface area contributed by atoms with Crippen molar-refractivity contribution < 1.29 is 14.3 Å². The van der Waals surface area contributed by atoms with Crippen LogP contribution in [0.1, 0.15) is 16.9 Å². The highest BCUT2D eigenvalue weighted by Gasteiger charge is 2.28. The van der Waals surface area contributed by atoms with E-state index >= 15 is 0 Å². The van der Waals surface area contributed by atoms with Gasteiger partial charge in [-0.25, -0.2) is 9.78 Å². The summed E-state index contributed by atoms with van der Waals surface area (Å²) >= 11 is 1.60. The minimum absolute atomic E-state index is 0. The van der Waals surface area contributed by atoms with Crippen LogP contribution in [0.4, 0.5) is 4.79 Å². The fourth-order valence-corrected chi connectivity index (χ4v) is 4.00. The van der Waals surface area contributed by atoms with Crippen LogP contribution in [0.15, 0.2) is 60.8 Å². The quantitative estimate of drug-likeness (QED) is 0.605. The Labute approximate surface area is 186 Å². The van der Waals surface area contributed by atoms with Crippen molar-refractivity contribution >= 4 is 29.8 Å². The molecule has 2 aromatic carbocycles. The fraction of sp³-hybridized carbons (Fsp3) is 0.273. The van der Waals surface area contributed by atoms with Crippen molar-refractivity contribution in [3.8, 4) is 16.3 Å². The first-order valence-electron chi connectivity index (χ1n) is 9.59. The number of benzene rings is 2. The maximum Gasteiger partial charge on any atom is 0.410 e. The van der Waals surface area contributed by atoms with Crippen LogP contribution in [0, 0.1) is 0 Å². The third-order valence-corrected chi connectivity index (χ3v) is 5.84. The smallest absolute Gasteiger partial charge is 0.410 e. The van der Waals surface area contributed by atoms with E-state index in [2.05, 4.69) is 4.98 Å². The van der Waals surface area contributed by atoms with Crippen molar-refractivity contribution in [3.63, 3.8) is 0 Å². The van der Waals surface area contributed by atoms with Gasteiger partial charge in [-0.3, -0.25) is 0 Å². The van der Waals surface area contributed by atoms with Crippen LogP contribution in [0.5, 0.6) is 5.75 Å². The Morgan fingerprint density at radius 2 is 1.93 bits per heavy atom. The number of nitrogens with zero attached hydrogens (tertiary/aromatic N) is 2. The van der Waals surface area contributed by atoms with Crippen LogP contribution in [-0.2, 0) is 17.9 Å². The largest absolute Gasteiger partial charge is 0.489 e. The Kier molecular flexibility index (Phi) is 7.68. The first kappa shape index (κ1) is 22.1. The molecule has 0 spiro atoms. The topological polar surface area (TPSA) is 77.7 Å². The zero-order valence-corrected chi connectivity index (χ0v) is 18.0. The summed E-state index contributed by atoms with van der Waals surface area (Å²) in [7, 11) is 0. The average Bonchev–Trinajstić information content (AvgIpc) is 3.43. The molecule has 1 amide bonds. The maximum absolute atomic E-state index is 12.3. The molecule has 8 heteroatoms. The summed E-state index contributed by atoms with van der Waals surface area (Å²) < 4.78 is 11.5. The molecule has 1 fully saturated rings. The molecule has 0 saturated carbocycles. The lowest BCUT2D eigenvalue weighted by atomic mass is 10.2. The van der Waals surface area contributed by atoms with Gasteiger partial charge in [-0.2, -0.15) is 0 Å². The molecule has 6 nitrogen and oxygen atoms in total. The van der Waals surface area contributed by atoms with E-state index in [1.807, 2.05) is 60.8 Å². The number of aromatic nitrogens is 1. The summed E-state index contributed by atoms with van der Waals surface area (Å²) in [5.41, 5.74) is 7.67. The third kappa shape index (κ3) is 5.50. The molecule has 0 aliphatic carbocycles. The first-order valence-corrected chi connectivity index (χ1v) is 10.4. The monoisotopic (exact) mass is 445 g/mol. The molecule has 158 valence electrons. The molecular weight excluding hydrogens is 422 g/mol. The minimum Gasteiger partial charge on any atom is -0.489 e. The number of carbonyl (C=O) groups excluding carboxylic acids is 1. The molecule has 30 heavy (non-hydrogen) atoms. The van der Waals surface area contributed by atoms with E-state index in [1.54, 1.807) is 16.2 Å². The van der Waals surface area contributed by atoms with Crippen molar-refractivity contribution in [2.45, 2.75) is 25.7 Å². The lowest BCUT2D eigenvalue weighted by Crippen LogP contribution is -2.31. The normalized spacial score (nSPS) is 15.5. The SMILES string of the molecule is Cl.NCc1cnc(-c2ccc(OC3CCN(C(=O)OCc4ccccc4)C3)cc2)s1. The number of carbonyl (C=O) groups is 1. The molecule has 1 aliphatic rings. The van der Waals surface area contributed by atoms with E-state index in [0.29, 0.717) is 19.6 Å². The Morgan fingerprint density at radius 3 is 2.63 bits per heavy atom. The van der Waals surface area contributed by atoms with E-state index in [1.165, 1.54) is 0 Å². The molecule has 0 bridgehead atoms. The summed E-state index contributed by atoms with van der Waals surface area (Å²) in [6.07, 6.45) is 2.27. The number of amides is 1. The van der Waals surface area contributed by atoms with Crippen LogP contribution < -0.4 is 10.5 Å². The number of nitrogens with two attached hydrogens (primary N) is 1. The molecule has 2 N–H and O–H groups in total. The van der Waals surface area contributed by atoms with Crippen molar-refractivity contribution in [2.24, 2.45) is 5.73 Å². The summed E-state index contributed by atoms with van der Waals surface area (Å²) in [4.78, 5) is 19.4. The van der Waals surface area contributed by atoms with E-state index in [-0.39, 0.29) is 31.2 Å². The van der Waals surface area contributed by atoms with E-state index < -0.39 is 0 Å². The van der Waals surface area contributed by atoms with E-state index in [0.717, 1.165) is 33.2 Å². The number of rotatable bonds is 6. The van der Waals surface area contributed by atoms with Gasteiger partial charge < -0.3 is 20.1 Å². The number of halogens is 1. The van der Waals surface area contributed by atoms with Crippen LogP contribution >= 0.6 is 23.7 Å². The molecule has 1 saturated heterocycles. The van der Waals surface area contributed by atoms with Crippen LogP contribution in [0.2, 0.25) is 0 Å². The van der Waals surface area contributed by atoms with Gasteiger partial charge in [-0.1, -0.05) is 30.3 Å². The van der Waals surface area contributed by atoms with Crippen molar-refractivity contribution in [3.05, 3.63) is 71.2 Å². The van der Waals surface area contributed by atoms with E-state index in [9.17, 15) is 4.79 Å². The van der Waals surface area contributed by atoms with Gasteiger partial charge in [0, 0.05) is 36.1 Å². The molecular formula is C22H24ClN3O3S. The van der Waals surface area contributed by atoms with Crippen molar-refractivity contribution in [1.82, 2.24) is 9.88 Å². The molecule has 0 radical (unpaired) electrons. The lowest BCUT2D eigenvalue weighted by Gasteiger charge is -2.17. The molecule has 1 unspecified atom stereocenters. The lowest BCUT2D eigenvalue weighted by molar-refractivity contribution is 0.0991. The highest BCUT2D eigenvalue weighted by molar-refractivity contribution is 7.15. The highest BCUT2D eigenvalue weighted by atomic mass is 35.5. The van der Waals surface area contributed by atoms with E-state index in [4.69, 9.17) is 15.2 Å². The maximum atomic E-state index is 12.3. The predicted octanol–water partition coefficient (Wildman–Crippen LogP) is 4.48. The number of thiazole rings is 1. The first-order chi connectivity index (χ1) is 14.2. The number of hydrogen-bond acceptors (Lipinski definition) is 6. The van der Waals surface area contributed by atoms with Crippen LogP contribution in [0.3, 0.4) is 0 Å². The number of ether oxygens (including phenoxy) is 2. The zero-order chi connectivity index (χ0) is 20.1. The van der Waals surface area contributed by atoms with Gasteiger partial charge in [0.1, 0.15) is 23.5 Å². The Balaban J connectivity index is 0.00000256. The summed E-state index contributed by atoms with van der Waals surface area (Å²) in [5, 5.41) is 0.949. The van der Waals surface area contributed by atoms with Gasteiger partial charge in [-0.05, 0) is 29.8 Å². The highest BCUT2D eigenvalue weighted by Crippen LogP contribution is 2.27. The second-order valence-electron chi connectivity index (χ2n) is 6.87. The van der Waals surface area contributed by atoms with Crippen LogP contribution in [0.25, 0.3) is 10.6 Å². The molecule has 1 atom stereocenters. The van der Waals surface area contributed by atoms with Gasteiger partial charge in [0.05, 0.1) is 6.54 Å². The molecule has 1 aromatic heterocycles. The molecule has 1 aliphatic heterocycles. The van der Waals surface area contributed by atoms with Gasteiger partial charge >= 0.3 is 6.09 Å². The molecule has 3 aromatic rings. The summed E-state index contributed by atoms with van der Waals surface area (Å²) in [6.45, 7) is 1.95. The standard InChI is InChI=1S/C22H23N3O3S.ClH/c23-12-20-13-24-21(29-20)17-6-8-18(9-7-17)28-19-10-11-25(14-19)22(26)27-15-16-4-2-1-3-5-16;/h1-9,13,19H,10-12,14-15,23H2;1H. The van der Waals surface area contributed by atoms with Gasteiger partial charge in [-0.15, -0.1) is 23.7 Å². The number of likely N-dealkylation sites (tertiary alicyclic amines) is 1. The summed E-state index contributed by atoms with van der Waals surface area (Å²) in [6, 6.07) is 17.5. The van der Waals surface area contributed by atoms with Gasteiger partial charge in [0.15, 0.2) is 0 Å². The average molecular weight is 446 g/mol. The Bertz CT molecular complexity index is 950. The predicted molar refractivity (Wildman–Crippen MR) is 120 cm³/mol. The summed E-state index contributed by atoms with van der Waals surface area (Å²) in [5.74, 6) is 0.786. The van der Waals surface area contributed by atoms with Crippen molar-refractivity contribution in [2.75, 3.05) is 13.1 Å². The minimum atomic E-state index is -0.297. The third-order valence-electron chi connectivity index (χ3n) is 4.77. The van der Waals surface area contributed by atoms with Crippen molar-refractivity contribution in [1.29, 1.82) is 0 Å². The Morgan fingerprint density at radius 1 is 1.17 bits per heavy atom.